The molecule has 8 heteroatoms. The van der Waals surface area contributed by atoms with Gasteiger partial charge in [0.1, 0.15) is 0 Å². The fraction of sp³-hybridized carbons (Fsp3) is 0.353. The lowest BCUT2D eigenvalue weighted by atomic mass is 10.2. The number of aryl methyl sites for hydroxylation is 1. The van der Waals surface area contributed by atoms with E-state index in [4.69, 9.17) is 12.2 Å². The average molecular weight is 396 g/mol. The van der Waals surface area contributed by atoms with Crippen molar-refractivity contribution in [3.05, 3.63) is 41.3 Å². The standard InChI is InChI=1S/C17H21N3O2S3/c1-13-9-12-24-16(13)19-17(23)18-14-5-7-15(8-6-14)25(21,22)20-10-3-2-4-11-20/h5-9,12H,2-4,10-11H2,1H3,(H2,18,19,23). The van der Waals surface area contributed by atoms with E-state index in [1.165, 1.54) is 0 Å². The molecule has 25 heavy (non-hydrogen) atoms. The van der Waals surface area contributed by atoms with Gasteiger partial charge in [-0.05, 0) is 73.3 Å². The van der Waals surface area contributed by atoms with Gasteiger partial charge in [-0.3, -0.25) is 0 Å². The van der Waals surface area contributed by atoms with Crippen LogP contribution in [0.1, 0.15) is 24.8 Å². The van der Waals surface area contributed by atoms with Crippen molar-refractivity contribution in [1.82, 2.24) is 4.31 Å². The number of sulfonamides is 1. The molecule has 1 fully saturated rings. The summed E-state index contributed by atoms with van der Waals surface area (Å²) in [6, 6.07) is 8.77. The first kappa shape index (κ1) is 18.3. The van der Waals surface area contributed by atoms with Gasteiger partial charge in [-0.1, -0.05) is 6.42 Å². The van der Waals surface area contributed by atoms with Crippen LogP contribution in [0.25, 0.3) is 0 Å². The summed E-state index contributed by atoms with van der Waals surface area (Å²) >= 11 is 6.90. The van der Waals surface area contributed by atoms with E-state index in [2.05, 4.69) is 10.6 Å². The fourth-order valence-electron chi connectivity index (χ4n) is 2.73. The van der Waals surface area contributed by atoms with Crippen molar-refractivity contribution in [2.75, 3.05) is 23.7 Å². The molecule has 0 amide bonds. The Morgan fingerprint density at radius 2 is 1.76 bits per heavy atom. The van der Waals surface area contributed by atoms with Gasteiger partial charge in [0.15, 0.2) is 5.11 Å². The zero-order chi connectivity index (χ0) is 17.9. The third-order valence-electron chi connectivity index (χ3n) is 4.15. The molecule has 0 spiro atoms. The number of anilines is 2. The predicted octanol–water partition coefficient (Wildman–Crippen LogP) is 4.04. The van der Waals surface area contributed by atoms with Crippen molar-refractivity contribution < 1.29 is 8.42 Å². The molecule has 1 aliphatic rings. The molecule has 2 heterocycles. The van der Waals surface area contributed by atoms with Gasteiger partial charge in [-0.15, -0.1) is 11.3 Å². The molecule has 134 valence electrons. The molecule has 2 N–H and O–H groups in total. The molecule has 1 saturated heterocycles. The summed E-state index contributed by atoms with van der Waals surface area (Å²) in [5, 5.41) is 9.72. The molecule has 0 unspecified atom stereocenters. The number of benzene rings is 1. The molecule has 0 bridgehead atoms. The van der Waals surface area contributed by atoms with Gasteiger partial charge in [0.25, 0.3) is 0 Å². The Kier molecular flexibility index (Phi) is 5.73. The Hall–Kier alpha value is -1.48. The van der Waals surface area contributed by atoms with Crippen LogP contribution in [0.3, 0.4) is 0 Å². The second-order valence-corrected chi connectivity index (χ2v) is 9.26. The van der Waals surface area contributed by atoms with Gasteiger partial charge in [-0.25, -0.2) is 8.42 Å². The van der Waals surface area contributed by atoms with Crippen LogP contribution in [-0.4, -0.2) is 30.9 Å². The number of nitrogens with zero attached hydrogens (tertiary/aromatic N) is 1. The van der Waals surface area contributed by atoms with E-state index in [9.17, 15) is 8.42 Å². The average Bonchev–Trinajstić information content (AvgIpc) is 3.01. The molecule has 0 atom stereocenters. The summed E-state index contributed by atoms with van der Waals surface area (Å²) in [6.07, 6.45) is 2.96. The van der Waals surface area contributed by atoms with Crippen molar-refractivity contribution >= 4 is 49.4 Å². The number of piperidine rings is 1. The van der Waals surface area contributed by atoms with Crippen molar-refractivity contribution in [2.45, 2.75) is 31.1 Å². The van der Waals surface area contributed by atoms with Crippen LogP contribution in [0, 0.1) is 6.92 Å². The van der Waals surface area contributed by atoms with E-state index in [1.54, 1.807) is 39.9 Å². The number of thiophene rings is 1. The number of hydrogen-bond acceptors (Lipinski definition) is 4. The number of nitrogens with one attached hydrogen (secondary N) is 2. The van der Waals surface area contributed by atoms with Crippen LogP contribution in [-0.2, 0) is 10.0 Å². The molecule has 0 aliphatic carbocycles. The number of thiocarbonyl (C=S) groups is 1. The van der Waals surface area contributed by atoms with Crippen LogP contribution in [0.15, 0.2) is 40.6 Å². The maximum Gasteiger partial charge on any atom is 0.243 e. The highest BCUT2D eigenvalue weighted by molar-refractivity contribution is 7.89. The molecular weight excluding hydrogens is 374 g/mol. The van der Waals surface area contributed by atoms with Crippen LogP contribution in [0.5, 0.6) is 0 Å². The van der Waals surface area contributed by atoms with E-state index in [-0.39, 0.29) is 0 Å². The van der Waals surface area contributed by atoms with Crippen molar-refractivity contribution in [2.24, 2.45) is 0 Å². The largest absolute Gasteiger partial charge is 0.332 e. The zero-order valence-electron chi connectivity index (χ0n) is 14.0. The molecule has 1 aromatic heterocycles. The summed E-state index contributed by atoms with van der Waals surface area (Å²) in [4.78, 5) is 0.327. The van der Waals surface area contributed by atoms with Gasteiger partial charge < -0.3 is 10.6 Å². The Morgan fingerprint density at radius 3 is 2.36 bits per heavy atom. The van der Waals surface area contributed by atoms with E-state index < -0.39 is 10.0 Å². The van der Waals surface area contributed by atoms with Crippen LogP contribution < -0.4 is 10.6 Å². The first-order valence-electron chi connectivity index (χ1n) is 8.19. The van der Waals surface area contributed by atoms with Crippen LogP contribution in [0.4, 0.5) is 10.7 Å². The summed E-state index contributed by atoms with van der Waals surface area (Å²) in [7, 11) is -3.40. The van der Waals surface area contributed by atoms with Gasteiger partial charge in [0, 0.05) is 18.8 Å². The molecule has 1 aromatic carbocycles. The highest BCUT2D eigenvalue weighted by atomic mass is 32.2. The predicted molar refractivity (Wildman–Crippen MR) is 108 cm³/mol. The molecule has 1 aliphatic heterocycles. The second-order valence-electron chi connectivity index (χ2n) is 6.00. The lowest BCUT2D eigenvalue weighted by Crippen LogP contribution is -2.35. The van der Waals surface area contributed by atoms with Crippen LogP contribution in [0.2, 0.25) is 0 Å². The van der Waals surface area contributed by atoms with E-state index in [0.717, 1.165) is 35.5 Å². The Labute approximate surface area is 158 Å². The summed E-state index contributed by atoms with van der Waals surface area (Å²) in [6.45, 7) is 3.23. The number of hydrogen-bond donors (Lipinski definition) is 2. The Bertz CT molecular complexity index is 838. The number of rotatable bonds is 4. The van der Waals surface area contributed by atoms with Gasteiger partial charge >= 0.3 is 0 Å². The van der Waals surface area contributed by atoms with E-state index in [1.807, 2.05) is 18.4 Å². The van der Waals surface area contributed by atoms with Crippen molar-refractivity contribution in [3.8, 4) is 0 Å². The highest BCUT2D eigenvalue weighted by Crippen LogP contribution is 2.24. The van der Waals surface area contributed by atoms with E-state index in [0.29, 0.717) is 23.1 Å². The Morgan fingerprint density at radius 1 is 1.08 bits per heavy atom. The molecule has 3 rings (SSSR count). The lowest BCUT2D eigenvalue weighted by Gasteiger charge is -2.25. The van der Waals surface area contributed by atoms with Crippen LogP contribution >= 0.6 is 23.6 Å². The van der Waals surface area contributed by atoms with Gasteiger partial charge in [0.2, 0.25) is 10.0 Å². The summed E-state index contributed by atoms with van der Waals surface area (Å²) in [5.74, 6) is 0. The first-order chi connectivity index (χ1) is 12.0. The third kappa shape index (κ3) is 4.38. The molecule has 0 saturated carbocycles. The lowest BCUT2D eigenvalue weighted by molar-refractivity contribution is 0.346. The normalized spacial score (nSPS) is 15.7. The maximum atomic E-state index is 12.6. The fourth-order valence-corrected chi connectivity index (χ4v) is 5.36. The molecular formula is C17H21N3O2S3. The minimum Gasteiger partial charge on any atom is -0.332 e. The highest BCUT2D eigenvalue weighted by Gasteiger charge is 2.25. The monoisotopic (exact) mass is 395 g/mol. The molecule has 5 nitrogen and oxygen atoms in total. The first-order valence-corrected chi connectivity index (χ1v) is 10.9. The minimum absolute atomic E-state index is 0.327. The molecule has 0 radical (unpaired) electrons. The smallest absolute Gasteiger partial charge is 0.243 e. The SMILES string of the molecule is Cc1ccsc1NC(=S)Nc1ccc(S(=O)(=O)N2CCCCC2)cc1. The quantitative estimate of drug-likeness (QED) is 0.765. The van der Waals surface area contributed by atoms with E-state index >= 15 is 0 Å². The minimum atomic E-state index is -3.40. The van der Waals surface area contributed by atoms with Crippen molar-refractivity contribution in [1.29, 1.82) is 0 Å². The summed E-state index contributed by atoms with van der Waals surface area (Å²) in [5.41, 5.74) is 1.89. The van der Waals surface area contributed by atoms with Gasteiger partial charge in [-0.2, -0.15) is 4.31 Å². The maximum absolute atomic E-state index is 12.6. The summed E-state index contributed by atoms with van der Waals surface area (Å²) < 4.78 is 26.9. The third-order valence-corrected chi connectivity index (χ3v) is 7.20. The molecule has 2 aromatic rings. The zero-order valence-corrected chi connectivity index (χ0v) is 16.4. The Balaban J connectivity index is 1.65. The topological polar surface area (TPSA) is 61.4 Å². The second kappa shape index (κ2) is 7.82. The van der Waals surface area contributed by atoms with Gasteiger partial charge in [0.05, 0.1) is 9.90 Å². The van der Waals surface area contributed by atoms with Crippen molar-refractivity contribution in [3.63, 3.8) is 0 Å².